The number of halogens is 2. The van der Waals surface area contributed by atoms with Crippen molar-refractivity contribution in [3.8, 4) is 6.07 Å². The van der Waals surface area contributed by atoms with Crippen molar-refractivity contribution in [1.29, 1.82) is 5.26 Å². The molecule has 0 saturated heterocycles. The standard InChI is InChI=1S/C15H18FN5O2S.C15H16FN5OS.H2O2/c1-3-10(15(18)23)19-12-6-11(8(14(17)22)5-9(12)16)20-13-4-7(2)21-24-13;1-3-11(15(18)22)19-13-6-12(9(7-17)5-10(13)16)20-14-4-8(2)21-23-14;1-2/h4-6,10,19-20H,3H2,1-2H3,(H2,17,22)(H2,18,23);4-6,11,19-20H,3H2,1-2H3,(H2,18,22);1-2H. The lowest BCUT2D eigenvalue weighted by atomic mass is 10.1. The lowest BCUT2D eigenvalue weighted by Gasteiger charge is -2.17. The third-order valence-corrected chi connectivity index (χ3v) is 8.13. The predicted molar refractivity (Wildman–Crippen MR) is 185 cm³/mol. The monoisotopic (exact) mass is 718 g/mol. The fourth-order valence-electron chi connectivity index (χ4n) is 4.11. The van der Waals surface area contributed by atoms with Gasteiger partial charge in [-0.3, -0.25) is 24.9 Å². The molecule has 4 rings (SSSR count). The van der Waals surface area contributed by atoms with Gasteiger partial charge in [-0.25, -0.2) is 8.78 Å². The van der Waals surface area contributed by atoms with Gasteiger partial charge in [0, 0.05) is 0 Å². The fraction of sp³-hybridized carbons (Fsp3) is 0.267. The van der Waals surface area contributed by atoms with E-state index in [9.17, 15) is 23.2 Å². The van der Waals surface area contributed by atoms with Gasteiger partial charge in [0.25, 0.3) is 5.91 Å². The van der Waals surface area contributed by atoms with Crippen LogP contribution in [-0.2, 0) is 9.59 Å². The number of nitriles is 1. The molecule has 2 atom stereocenters. The molecule has 0 aliphatic carbocycles. The second kappa shape index (κ2) is 18.8. The van der Waals surface area contributed by atoms with Crippen LogP contribution in [0.15, 0.2) is 36.4 Å². The molecule has 0 bridgehead atoms. The number of anilines is 6. The topological polar surface area (TPSA) is 267 Å². The van der Waals surface area contributed by atoms with Gasteiger partial charge >= 0.3 is 0 Å². The maximum Gasteiger partial charge on any atom is 0.250 e. The molecule has 0 aliphatic heterocycles. The van der Waals surface area contributed by atoms with Gasteiger partial charge in [0.1, 0.15) is 39.8 Å². The molecule has 2 aromatic heterocycles. The highest BCUT2D eigenvalue weighted by atomic mass is 32.1. The van der Waals surface area contributed by atoms with Crippen molar-refractivity contribution in [3.63, 3.8) is 0 Å². The van der Waals surface area contributed by atoms with Crippen LogP contribution in [-0.4, -0.2) is 49.1 Å². The lowest BCUT2D eigenvalue weighted by Crippen LogP contribution is -2.35. The SMILES string of the molecule is CCC(Nc1cc(Nc2cc(C)ns2)c(C#N)cc1F)C(N)=O.CCC(Nc1cc(Nc2cc(C)ns2)c(C(N)=O)cc1F)C(N)=O.OO. The van der Waals surface area contributed by atoms with Crippen molar-refractivity contribution in [2.75, 3.05) is 21.3 Å². The number of nitrogens with one attached hydrogen (secondary N) is 4. The van der Waals surface area contributed by atoms with Crippen LogP contribution in [0.25, 0.3) is 0 Å². The third kappa shape index (κ3) is 11.4. The number of hydrogen-bond donors (Lipinski definition) is 9. The Hall–Kier alpha value is -5.42. The zero-order chi connectivity index (χ0) is 36.8. The van der Waals surface area contributed by atoms with Gasteiger partial charge in [0.2, 0.25) is 11.8 Å². The molecular formula is C30H36F2N10O5S2. The summed E-state index contributed by atoms with van der Waals surface area (Å²) in [5.74, 6) is -3.25. The third-order valence-electron chi connectivity index (χ3n) is 6.53. The molecule has 12 N–H and O–H groups in total. The van der Waals surface area contributed by atoms with E-state index < -0.39 is 41.4 Å². The minimum atomic E-state index is -0.772. The summed E-state index contributed by atoms with van der Waals surface area (Å²) in [6.07, 6.45) is 0.814. The molecule has 262 valence electrons. The Morgan fingerprint density at radius 3 is 1.57 bits per heavy atom. The van der Waals surface area contributed by atoms with E-state index in [-0.39, 0.29) is 22.5 Å². The Bertz CT molecular complexity index is 1810. The first-order chi connectivity index (χ1) is 23.3. The average molecular weight is 719 g/mol. The number of amides is 3. The van der Waals surface area contributed by atoms with Crippen LogP contribution in [0.5, 0.6) is 0 Å². The summed E-state index contributed by atoms with van der Waals surface area (Å²) in [5, 5.41) is 34.1. The Labute approximate surface area is 288 Å². The molecule has 2 aromatic carbocycles. The normalized spacial score (nSPS) is 11.3. The molecular weight excluding hydrogens is 683 g/mol. The summed E-state index contributed by atoms with van der Waals surface area (Å²) in [6.45, 7) is 7.19. The van der Waals surface area contributed by atoms with E-state index in [2.05, 4.69) is 30.0 Å². The van der Waals surface area contributed by atoms with Crippen LogP contribution in [0.4, 0.5) is 41.5 Å². The second-order valence-corrected chi connectivity index (χ2v) is 11.8. The number of aryl methyl sites for hydroxylation is 2. The molecule has 15 nitrogen and oxygen atoms in total. The Balaban J connectivity index is 0.000000324. The number of nitrogens with two attached hydrogens (primary N) is 3. The van der Waals surface area contributed by atoms with Crippen molar-refractivity contribution in [1.82, 2.24) is 8.75 Å². The molecule has 3 amide bonds. The summed E-state index contributed by atoms with van der Waals surface area (Å²) in [5.41, 5.74) is 18.6. The summed E-state index contributed by atoms with van der Waals surface area (Å²) in [7, 11) is 0. The Morgan fingerprint density at radius 1 is 0.776 bits per heavy atom. The van der Waals surface area contributed by atoms with Crippen molar-refractivity contribution >= 4 is 73.5 Å². The fourth-order valence-corrected chi connectivity index (χ4v) is 5.45. The van der Waals surface area contributed by atoms with E-state index in [4.69, 9.17) is 33.0 Å². The van der Waals surface area contributed by atoms with Crippen LogP contribution in [0.3, 0.4) is 0 Å². The van der Waals surface area contributed by atoms with Gasteiger partial charge in [-0.2, -0.15) is 14.0 Å². The lowest BCUT2D eigenvalue weighted by molar-refractivity contribution is -0.176. The summed E-state index contributed by atoms with van der Waals surface area (Å²) in [4.78, 5) is 34.2. The molecule has 4 aromatic rings. The molecule has 49 heavy (non-hydrogen) atoms. The van der Waals surface area contributed by atoms with Crippen molar-refractivity contribution < 1.29 is 33.7 Å². The predicted octanol–water partition coefficient (Wildman–Crippen LogP) is 5.01. The van der Waals surface area contributed by atoms with Gasteiger partial charge in [-0.05, 0) is 86.2 Å². The van der Waals surface area contributed by atoms with Crippen LogP contribution in [0.2, 0.25) is 0 Å². The highest BCUT2D eigenvalue weighted by molar-refractivity contribution is 7.10. The molecule has 2 unspecified atom stereocenters. The van der Waals surface area contributed by atoms with E-state index in [0.717, 1.165) is 28.5 Å². The van der Waals surface area contributed by atoms with Crippen molar-refractivity contribution in [3.05, 3.63) is 70.5 Å². The summed E-state index contributed by atoms with van der Waals surface area (Å²) >= 11 is 2.43. The minimum absolute atomic E-state index is 0.00349. The minimum Gasteiger partial charge on any atom is -0.371 e. The van der Waals surface area contributed by atoms with Gasteiger partial charge in [-0.15, -0.1) is 0 Å². The van der Waals surface area contributed by atoms with Crippen LogP contribution in [0.1, 0.15) is 54.0 Å². The van der Waals surface area contributed by atoms with Gasteiger partial charge in [-0.1, -0.05) is 13.8 Å². The quantitative estimate of drug-likeness (QED) is 0.0652. The first-order valence-electron chi connectivity index (χ1n) is 14.4. The zero-order valence-corrected chi connectivity index (χ0v) is 28.4. The van der Waals surface area contributed by atoms with E-state index in [1.807, 2.05) is 26.0 Å². The number of aromatic nitrogens is 2. The maximum atomic E-state index is 14.2. The molecule has 2 heterocycles. The van der Waals surface area contributed by atoms with E-state index >= 15 is 0 Å². The van der Waals surface area contributed by atoms with E-state index in [0.29, 0.717) is 29.2 Å². The number of nitrogens with zero attached hydrogens (tertiary/aromatic N) is 3. The molecule has 0 saturated carbocycles. The van der Waals surface area contributed by atoms with Crippen molar-refractivity contribution in [2.45, 2.75) is 52.6 Å². The van der Waals surface area contributed by atoms with Crippen molar-refractivity contribution in [2.24, 2.45) is 17.2 Å². The average Bonchev–Trinajstić information content (AvgIpc) is 3.67. The van der Waals surface area contributed by atoms with Gasteiger partial charge in [0.05, 0.1) is 45.3 Å². The Kier molecular flexibility index (Phi) is 15.3. The number of carbonyl (C=O) groups excluding carboxylic acids is 3. The molecule has 0 spiro atoms. The number of carbonyl (C=O) groups is 3. The molecule has 0 fully saturated rings. The highest BCUT2D eigenvalue weighted by Crippen LogP contribution is 2.31. The number of hydrogen-bond acceptors (Lipinski definition) is 14. The second-order valence-electron chi connectivity index (χ2n) is 10.2. The number of benzene rings is 2. The Morgan fingerprint density at radius 2 is 1.20 bits per heavy atom. The molecule has 0 radical (unpaired) electrons. The number of primary amides is 3. The van der Waals surface area contributed by atoms with E-state index in [1.165, 1.54) is 35.2 Å². The zero-order valence-electron chi connectivity index (χ0n) is 26.8. The summed E-state index contributed by atoms with van der Waals surface area (Å²) in [6, 6.07) is 9.11. The molecule has 19 heteroatoms. The maximum absolute atomic E-state index is 14.2. The van der Waals surface area contributed by atoms with Crippen LogP contribution in [0, 0.1) is 36.8 Å². The summed E-state index contributed by atoms with van der Waals surface area (Å²) < 4.78 is 36.6. The highest BCUT2D eigenvalue weighted by Gasteiger charge is 2.20. The van der Waals surface area contributed by atoms with Crippen LogP contribution >= 0.6 is 23.1 Å². The first-order valence-corrected chi connectivity index (χ1v) is 15.9. The van der Waals surface area contributed by atoms with E-state index in [1.54, 1.807) is 19.9 Å². The van der Waals surface area contributed by atoms with Crippen LogP contribution < -0.4 is 38.5 Å². The van der Waals surface area contributed by atoms with Gasteiger partial charge in [0.15, 0.2) is 0 Å². The number of rotatable bonds is 13. The largest absolute Gasteiger partial charge is 0.371 e. The smallest absolute Gasteiger partial charge is 0.250 e. The first kappa shape index (κ1) is 39.8. The molecule has 0 aliphatic rings. The van der Waals surface area contributed by atoms with Gasteiger partial charge < -0.3 is 38.5 Å².